The van der Waals surface area contributed by atoms with E-state index in [1.54, 1.807) is 13.0 Å². The normalized spacial score (nSPS) is 11.7. The van der Waals surface area contributed by atoms with E-state index in [0.717, 1.165) is 0 Å². The number of hydrogen-bond acceptors (Lipinski definition) is 5. The van der Waals surface area contributed by atoms with Crippen LogP contribution in [0.3, 0.4) is 0 Å². The largest absolute Gasteiger partial charge is 0.465 e. The Bertz CT molecular complexity index is 635. The van der Waals surface area contributed by atoms with Crippen molar-refractivity contribution in [3.05, 3.63) is 29.3 Å². The maximum atomic E-state index is 12.6. The number of nitrogens with one attached hydrogen (secondary N) is 1. The Morgan fingerprint density at radius 1 is 1.30 bits per heavy atom. The number of nitrogens with two attached hydrogens (primary N) is 1. The number of methoxy groups -OCH3 is 1. The molecule has 132 valence electrons. The molecular formula is C15H25ClN2O4S. The molecule has 0 radical (unpaired) electrons. The van der Waals surface area contributed by atoms with Crippen LogP contribution in [-0.4, -0.2) is 33.6 Å². The number of carbonyl (C=O) groups is 1. The van der Waals surface area contributed by atoms with Gasteiger partial charge in [0.15, 0.2) is 0 Å². The minimum absolute atomic E-state index is 0. The van der Waals surface area contributed by atoms with E-state index in [1.807, 2.05) is 13.8 Å². The van der Waals surface area contributed by atoms with Gasteiger partial charge in [0, 0.05) is 12.1 Å². The summed E-state index contributed by atoms with van der Waals surface area (Å²) in [5.41, 5.74) is 5.94. The third-order valence-electron chi connectivity index (χ3n) is 4.02. The summed E-state index contributed by atoms with van der Waals surface area (Å²) in [6, 6.07) is 4.38. The topological polar surface area (TPSA) is 98.5 Å². The summed E-state index contributed by atoms with van der Waals surface area (Å²) in [6.07, 6.45) is 1.16. The van der Waals surface area contributed by atoms with E-state index < -0.39 is 21.5 Å². The van der Waals surface area contributed by atoms with Crippen LogP contribution < -0.4 is 10.5 Å². The molecule has 3 N–H and O–H groups in total. The summed E-state index contributed by atoms with van der Waals surface area (Å²) >= 11 is 0. The average molecular weight is 365 g/mol. The Kier molecular flexibility index (Phi) is 8.20. The number of hydrogen-bond donors (Lipinski definition) is 2. The lowest BCUT2D eigenvalue weighted by Crippen LogP contribution is -2.52. The van der Waals surface area contributed by atoms with Gasteiger partial charge in [-0.2, -0.15) is 0 Å². The van der Waals surface area contributed by atoms with Crippen molar-refractivity contribution >= 4 is 28.4 Å². The van der Waals surface area contributed by atoms with Gasteiger partial charge in [0.05, 0.1) is 17.6 Å². The van der Waals surface area contributed by atoms with E-state index in [-0.39, 0.29) is 29.4 Å². The van der Waals surface area contributed by atoms with Crippen molar-refractivity contribution in [2.45, 2.75) is 44.0 Å². The second-order valence-corrected chi connectivity index (χ2v) is 6.95. The minimum Gasteiger partial charge on any atom is -0.465 e. The van der Waals surface area contributed by atoms with Crippen LogP contribution in [0.15, 0.2) is 23.1 Å². The number of aryl methyl sites for hydroxylation is 1. The lowest BCUT2D eigenvalue weighted by Gasteiger charge is -2.31. The fourth-order valence-electron chi connectivity index (χ4n) is 2.17. The van der Waals surface area contributed by atoms with Crippen LogP contribution in [0, 0.1) is 6.92 Å². The highest BCUT2D eigenvalue weighted by Crippen LogP contribution is 2.21. The van der Waals surface area contributed by atoms with E-state index in [1.165, 1.54) is 19.2 Å². The summed E-state index contributed by atoms with van der Waals surface area (Å²) in [5.74, 6) is -0.564. The lowest BCUT2D eigenvalue weighted by molar-refractivity contribution is 0.0599. The van der Waals surface area contributed by atoms with Gasteiger partial charge in [-0.05, 0) is 37.5 Å². The highest BCUT2D eigenvalue weighted by molar-refractivity contribution is 7.89. The molecule has 0 aliphatic rings. The molecule has 0 unspecified atom stereocenters. The Morgan fingerprint density at radius 2 is 1.87 bits per heavy atom. The van der Waals surface area contributed by atoms with Gasteiger partial charge in [0.1, 0.15) is 0 Å². The smallest absolute Gasteiger partial charge is 0.338 e. The standard InChI is InChI=1S/C15H24N2O4S.ClH/c1-5-15(6-2,10-16)17-22(19,20)12-8-7-11(3)13(9-12)14(18)21-4;/h7-9,17H,5-6,10,16H2,1-4H3;1H. The van der Waals surface area contributed by atoms with Gasteiger partial charge in [-0.15, -0.1) is 12.4 Å². The molecular weight excluding hydrogens is 340 g/mol. The molecule has 0 bridgehead atoms. The van der Waals surface area contributed by atoms with Crippen LogP contribution in [0.25, 0.3) is 0 Å². The van der Waals surface area contributed by atoms with Crippen molar-refractivity contribution in [3.8, 4) is 0 Å². The van der Waals surface area contributed by atoms with Crippen LogP contribution in [0.4, 0.5) is 0 Å². The molecule has 0 saturated heterocycles. The van der Waals surface area contributed by atoms with Crippen molar-refractivity contribution < 1.29 is 17.9 Å². The van der Waals surface area contributed by atoms with E-state index in [4.69, 9.17) is 5.73 Å². The molecule has 0 atom stereocenters. The molecule has 0 fully saturated rings. The van der Waals surface area contributed by atoms with Gasteiger partial charge in [-0.25, -0.2) is 17.9 Å². The van der Waals surface area contributed by atoms with Crippen LogP contribution in [-0.2, 0) is 14.8 Å². The quantitative estimate of drug-likeness (QED) is 0.721. The zero-order chi connectivity index (χ0) is 17.0. The molecule has 0 saturated carbocycles. The third kappa shape index (κ3) is 4.91. The number of benzene rings is 1. The van der Waals surface area contributed by atoms with Crippen LogP contribution in [0.5, 0.6) is 0 Å². The highest BCUT2D eigenvalue weighted by atomic mass is 35.5. The van der Waals surface area contributed by atoms with E-state index in [0.29, 0.717) is 18.4 Å². The van der Waals surface area contributed by atoms with Crippen molar-refractivity contribution in [1.29, 1.82) is 0 Å². The first-order chi connectivity index (χ1) is 10.2. The second kappa shape index (κ2) is 8.63. The molecule has 1 aromatic carbocycles. The van der Waals surface area contributed by atoms with Crippen molar-refractivity contribution in [3.63, 3.8) is 0 Å². The minimum atomic E-state index is -3.77. The first-order valence-electron chi connectivity index (χ1n) is 7.18. The van der Waals surface area contributed by atoms with E-state index in [2.05, 4.69) is 9.46 Å². The molecule has 0 aromatic heterocycles. The Labute approximate surface area is 144 Å². The fraction of sp³-hybridized carbons (Fsp3) is 0.533. The molecule has 0 heterocycles. The van der Waals surface area contributed by atoms with Gasteiger partial charge in [-0.3, -0.25) is 0 Å². The zero-order valence-electron chi connectivity index (χ0n) is 13.9. The maximum Gasteiger partial charge on any atom is 0.338 e. The highest BCUT2D eigenvalue weighted by Gasteiger charge is 2.31. The molecule has 0 amide bonds. The van der Waals surface area contributed by atoms with Gasteiger partial charge in [0.2, 0.25) is 10.0 Å². The SMILES string of the molecule is CCC(CC)(CN)NS(=O)(=O)c1ccc(C)c(C(=O)OC)c1.Cl. The summed E-state index contributed by atoms with van der Waals surface area (Å²) in [5, 5.41) is 0. The number of rotatable bonds is 7. The van der Waals surface area contributed by atoms with Gasteiger partial charge >= 0.3 is 5.97 Å². The van der Waals surface area contributed by atoms with Gasteiger partial charge in [-0.1, -0.05) is 19.9 Å². The lowest BCUT2D eigenvalue weighted by atomic mass is 9.95. The third-order valence-corrected chi connectivity index (χ3v) is 5.60. The summed E-state index contributed by atoms with van der Waals surface area (Å²) in [7, 11) is -2.51. The Balaban J connectivity index is 0.00000484. The van der Waals surface area contributed by atoms with E-state index in [9.17, 15) is 13.2 Å². The summed E-state index contributed by atoms with van der Waals surface area (Å²) in [4.78, 5) is 11.7. The van der Waals surface area contributed by atoms with Crippen LogP contribution >= 0.6 is 12.4 Å². The molecule has 6 nitrogen and oxygen atoms in total. The summed E-state index contributed by atoms with van der Waals surface area (Å²) < 4.78 is 32.5. The Morgan fingerprint density at radius 3 is 2.30 bits per heavy atom. The predicted molar refractivity (Wildman–Crippen MR) is 92.5 cm³/mol. The molecule has 1 aromatic rings. The first kappa shape index (κ1) is 21.9. The van der Waals surface area contributed by atoms with Crippen molar-refractivity contribution in [2.24, 2.45) is 5.73 Å². The fourth-order valence-corrected chi connectivity index (χ4v) is 3.75. The van der Waals surface area contributed by atoms with Crippen molar-refractivity contribution in [1.82, 2.24) is 4.72 Å². The van der Waals surface area contributed by atoms with E-state index >= 15 is 0 Å². The molecule has 1 rings (SSSR count). The molecule has 23 heavy (non-hydrogen) atoms. The number of carbonyl (C=O) groups excluding carboxylic acids is 1. The molecule has 0 aliphatic heterocycles. The monoisotopic (exact) mass is 364 g/mol. The van der Waals surface area contributed by atoms with Gasteiger partial charge < -0.3 is 10.5 Å². The Hall–Kier alpha value is -1.15. The molecule has 0 aliphatic carbocycles. The zero-order valence-corrected chi connectivity index (χ0v) is 15.5. The predicted octanol–water partition coefficient (Wildman–Crippen LogP) is 2.00. The average Bonchev–Trinajstić information content (AvgIpc) is 2.52. The number of halogens is 1. The van der Waals surface area contributed by atoms with Crippen LogP contribution in [0.1, 0.15) is 42.6 Å². The number of ether oxygens (including phenoxy) is 1. The summed E-state index contributed by atoms with van der Waals surface area (Å²) in [6.45, 7) is 5.69. The number of sulfonamides is 1. The molecule has 0 spiro atoms. The molecule has 8 heteroatoms. The maximum absolute atomic E-state index is 12.6. The van der Waals surface area contributed by atoms with Crippen molar-refractivity contribution in [2.75, 3.05) is 13.7 Å². The van der Waals surface area contributed by atoms with Crippen LogP contribution in [0.2, 0.25) is 0 Å². The van der Waals surface area contributed by atoms with Gasteiger partial charge in [0.25, 0.3) is 0 Å². The number of esters is 1. The second-order valence-electron chi connectivity index (χ2n) is 5.27. The first-order valence-corrected chi connectivity index (χ1v) is 8.66.